The van der Waals surface area contributed by atoms with Gasteiger partial charge in [-0.2, -0.15) is 0 Å². The number of hydrogen-bond donors (Lipinski definition) is 2. The van der Waals surface area contributed by atoms with Crippen LogP contribution in [0.3, 0.4) is 0 Å². The third kappa shape index (κ3) is 3.02. The van der Waals surface area contributed by atoms with Crippen molar-refractivity contribution in [2.75, 3.05) is 39.3 Å². The number of carbonyl (C=O) groups excluding carboxylic acids is 1. The van der Waals surface area contributed by atoms with E-state index in [9.17, 15) is 4.79 Å². The molecular formula is C13H25N3O2. The van der Waals surface area contributed by atoms with Crippen LogP contribution in [0.1, 0.15) is 32.1 Å². The fourth-order valence-electron chi connectivity index (χ4n) is 3.07. The molecule has 1 saturated heterocycles. The highest BCUT2D eigenvalue weighted by Gasteiger charge is 2.40. The van der Waals surface area contributed by atoms with E-state index < -0.39 is 5.54 Å². The summed E-state index contributed by atoms with van der Waals surface area (Å²) in [5.41, 5.74) is 5.64. The average molecular weight is 255 g/mol. The van der Waals surface area contributed by atoms with Crippen molar-refractivity contribution in [3.63, 3.8) is 0 Å². The van der Waals surface area contributed by atoms with E-state index in [0.29, 0.717) is 6.54 Å². The lowest BCUT2D eigenvalue weighted by Crippen LogP contribution is -2.54. The molecule has 0 unspecified atom stereocenters. The Balaban J connectivity index is 1.91. The van der Waals surface area contributed by atoms with Crippen LogP contribution >= 0.6 is 0 Å². The first kappa shape index (κ1) is 13.8. The summed E-state index contributed by atoms with van der Waals surface area (Å²) in [6.45, 7) is 4.26. The van der Waals surface area contributed by atoms with Gasteiger partial charge in [0.1, 0.15) is 0 Å². The maximum atomic E-state index is 12.5. The molecule has 1 heterocycles. The number of aliphatic hydroxyl groups excluding tert-OH is 1. The Labute approximate surface area is 109 Å². The molecule has 0 aromatic carbocycles. The van der Waals surface area contributed by atoms with E-state index in [0.717, 1.165) is 58.3 Å². The summed E-state index contributed by atoms with van der Waals surface area (Å²) in [6, 6.07) is 0. The maximum Gasteiger partial charge on any atom is 0.242 e. The highest BCUT2D eigenvalue weighted by molar-refractivity contribution is 5.86. The second-order valence-corrected chi connectivity index (χ2v) is 5.57. The van der Waals surface area contributed by atoms with Crippen molar-refractivity contribution in [3.8, 4) is 0 Å². The van der Waals surface area contributed by atoms with Crippen LogP contribution in [0.4, 0.5) is 0 Å². The van der Waals surface area contributed by atoms with Crippen molar-refractivity contribution in [2.45, 2.75) is 37.6 Å². The molecule has 1 saturated carbocycles. The molecule has 3 N–H and O–H groups in total. The second-order valence-electron chi connectivity index (χ2n) is 5.57. The number of rotatable bonds is 3. The van der Waals surface area contributed by atoms with Gasteiger partial charge in [0, 0.05) is 26.2 Å². The van der Waals surface area contributed by atoms with Gasteiger partial charge in [-0.05, 0) is 25.8 Å². The Morgan fingerprint density at radius 1 is 1.11 bits per heavy atom. The van der Waals surface area contributed by atoms with Gasteiger partial charge in [-0.1, -0.05) is 12.8 Å². The largest absolute Gasteiger partial charge is 0.395 e. The predicted molar refractivity (Wildman–Crippen MR) is 70.1 cm³/mol. The Hall–Kier alpha value is -0.650. The van der Waals surface area contributed by atoms with Crippen LogP contribution in [-0.2, 0) is 4.79 Å². The zero-order chi connectivity index (χ0) is 13.0. The molecular weight excluding hydrogens is 230 g/mol. The minimum Gasteiger partial charge on any atom is -0.395 e. The Kier molecular flexibility index (Phi) is 4.59. The summed E-state index contributed by atoms with van der Waals surface area (Å²) < 4.78 is 0. The number of nitrogens with zero attached hydrogens (tertiary/aromatic N) is 2. The smallest absolute Gasteiger partial charge is 0.242 e. The number of nitrogens with two attached hydrogens (primary N) is 1. The minimum absolute atomic E-state index is 0.144. The van der Waals surface area contributed by atoms with Crippen LogP contribution in [0.2, 0.25) is 0 Å². The van der Waals surface area contributed by atoms with Crippen molar-refractivity contribution in [2.24, 2.45) is 5.73 Å². The van der Waals surface area contributed by atoms with Crippen molar-refractivity contribution in [1.82, 2.24) is 9.80 Å². The average Bonchev–Trinajstić information content (AvgIpc) is 2.68. The maximum absolute atomic E-state index is 12.5. The number of aliphatic hydroxyl groups is 1. The first-order valence-electron chi connectivity index (χ1n) is 7.07. The molecule has 0 radical (unpaired) electrons. The molecule has 0 spiro atoms. The van der Waals surface area contributed by atoms with E-state index in [-0.39, 0.29) is 12.5 Å². The molecule has 104 valence electrons. The van der Waals surface area contributed by atoms with E-state index >= 15 is 0 Å². The third-order valence-electron chi connectivity index (χ3n) is 4.21. The van der Waals surface area contributed by atoms with Gasteiger partial charge < -0.3 is 15.7 Å². The summed E-state index contributed by atoms with van der Waals surface area (Å²) in [6.07, 6.45) is 4.80. The van der Waals surface area contributed by atoms with Gasteiger partial charge in [-0.3, -0.25) is 9.69 Å². The molecule has 2 fully saturated rings. The normalized spacial score (nSPS) is 25.1. The summed E-state index contributed by atoms with van der Waals surface area (Å²) in [5.74, 6) is 0.144. The summed E-state index contributed by atoms with van der Waals surface area (Å²) in [5, 5.41) is 8.96. The predicted octanol–water partition coefficient (Wildman–Crippen LogP) is -0.215. The third-order valence-corrected chi connectivity index (χ3v) is 4.21. The van der Waals surface area contributed by atoms with Crippen LogP contribution in [0.15, 0.2) is 0 Å². The highest BCUT2D eigenvalue weighted by atomic mass is 16.3. The highest BCUT2D eigenvalue weighted by Crippen LogP contribution is 2.29. The number of carbonyl (C=O) groups is 1. The quantitative estimate of drug-likeness (QED) is 0.732. The lowest BCUT2D eigenvalue weighted by molar-refractivity contribution is -0.136. The number of amides is 1. The van der Waals surface area contributed by atoms with Crippen molar-refractivity contribution in [3.05, 3.63) is 0 Å². The Morgan fingerprint density at radius 3 is 2.50 bits per heavy atom. The molecule has 0 aromatic heterocycles. The first-order valence-corrected chi connectivity index (χ1v) is 7.07. The van der Waals surface area contributed by atoms with Crippen LogP contribution in [0, 0.1) is 0 Å². The number of hydrogen-bond acceptors (Lipinski definition) is 4. The molecule has 0 aromatic rings. The van der Waals surface area contributed by atoms with E-state index in [2.05, 4.69) is 4.90 Å². The van der Waals surface area contributed by atoms with Crippen molar-refractivity contribution < 1.29 is 9.90 Å². The zero-order valence-electron chi connectivity index (χ0n) is 11.1. The molecule has 18 heavy (non-hydrogen) atoms. The molecule has 1 aliphatic carbocycles. The summed E-state index contributed by atoms with van der Waals surface area (Å²) in [4.78, 5) is 16.6. The molecule has 1 aliphatic heterocycles. The minimum atomic E-state index is -0.591. The van der Waals surface area contributed by atoms with Gasteiger partial charge in [0.25, 0.3) is 0 Å². The van der Waals surface area contributed by atoms with Gasteiger partial charge in [-0.15, -0.1) is 0 Å². The molecule has 2 aliphatic rings. The molecule has 5 heteroatoms. The van der Waals surface area contributed by atoms with Crippen LogP contribution < -0.4 is 5.73 Å². The van der Waals surface area contributed by atoms with E-state index in [1.807, 2.05) is 4.90 Å². The molecule has 1 amide bonds. The van der Waals surface area contributed by atoms with Gasteiger partial charge in [0.15, 0.2) is 0 Å². The monoisotopic (exact) mass is 255 g/mol. The molecule has 0 atom stereocenters. The van der Waals surface area contributed by atoms with Crippen LogP contribution in [0.25, 0.3) is 0 Å². The lowest BCUT2D eigenvalue weighted by Gasteiger charge is -2.30. The molecule has 5 nitrogen and oxygen atoms in total. The van der Waals surface area contributed by atoms with Gasteiger partial charge in [0.05, 0.1) is 12.1 Å². The topological polar surface area (TPSA) is 69.8 Å². The molecule has 0 bridgehead atoms. The second kappa shape index (κ2) is 5.99. The SMILES string of the molecule is NC1(C(=O)N2CCCN(CCO)CC2)CCCC1. The zero-order valence-corrected chi connectivity index (χ0v) is 11.1. The van der Waals surface area contributed by atoms with Crippen molar-refractivity contribution >= 4 is 5.91 Å². The summed E-state index contributed by atoms with van der Waals surface area (Å²) >= 11 is 0. The van der Waals surface area contributed by atoms with Crippen LogP contribution in [-0.4, -0.2) is 65.7 Å². The van der Waals surface area contributed by atoms with E-state index in [1.165, 1.54) is 0 Å². The fourth-order valence-corrected chi connectivity index (χ4v) is 3.07. The van der Waals surface area contributed by atoms with Crippen molar-refractivity contribution in [1.29, 1.82) is 0 Å². The van der Waals surface area contributed by atoms with E-state index in [4.69, 9.17) is 10.8 Å². The summed E-state index contributed by atoms with van der Waals surface area (Å²) in [7, 11) is 0. The molecule has 2 rings (SSSR count). The Bertz CT molecular complexity index is 290. The van der Waals surface area contributed by atoms with Gasteiger partial charge in [0.2, 0.25) is 5.91 Å². The standard InChI is InChI=1S/C13H25N3O2/c14-13(4-1-2-5-13)12(18)16-7-3-6-15(8-9-16)10-11-17/h17H,1-11,14H2. The van der Waals surface area contributed by atoms with Crippen LogP contribution in [0.5, 0.6) is 0 Å². The van der Waals surface area contributed by atoms with Gasteiger partial charge in [-0.25, -0.2) is 0 Å². The Morgan fingerprint density at radius 2 is 1.83 bits per heavy atom. The number of β-amino-alcohol motifs (C(OH)–C–C–N with tert-alkyl or cyclic N) is 1. The first-order chi connectivity index (χ1) is 8.65. The fraction of sp³-hybridized carbons (Fsp3) is 0.923. The van der Waals surface area contributed by atoms with Gasteiger partial charge >= 0.3 is 0 Å². The van der Waals surface area contributed by atoms with E-state index in [1.54, 1.807) is 0 Å². The lowest BCUT2D eigenvalue weighted by atomic mass is 9.97.